The number of likely N-dealkylation sites (N-methyl/N-ethyl adjacent to an activating group) is 1. The van der Waals surface area contributed by atoms with E-state index < -0.39 is 0 Å². The van der Waals surface area contributed by atoms with Gasteiger partial charge in [0, 0.05) is 17.4 Å². The summed E-state index contributed by atoms with van der Waals surface area (Å²) >= 11 is 15.4. The van der Waals surface area contributed by atoms with Crippen molar-refractivity contribution in [3.05, 3.63) is 57.0 Å². The first kappa shape index (κ1) is 20.7. The van der Waals surface area contributed by atoms with E-state index in [4.69, 9.17) is 23.2 Å². The molecule has 0 bridgehead atoms. The quantitative estimate of drug-likeness (QED) is 0.634. The zero-order valence-electron chi connectivity index (χ0n) is 14.1. The minimum Gasteiger partial charge on any atom is -0.324 e. The van der Waals surface area contributed by atoms with E-state index in [1.54, 1.807) is 30.1 Å². The monoisotopic (exact) mass is 457 g/mol. The summed E-state index contributed by atoms with van der Waals surface area (Å²) in [4.78, 5) is 25.9. The Kier molecular flexibility index (Phi) is 7.90. The number of hydrogen-bond donors (Lipinski definition) is 2. The topological polar surface area (TPSA) is 61.4 Å². The van der Waals surface area contributed by atoms with Gasteiger partial charge in [-0.25, -0.2) is 0 Å². The maximum atomic E-state index is 12.1. The van der Waals surface area contributed by atoms with Gasteiger partial charge in [0.15, 0.2) is 0 Å². The highest BCUT2D eigenvalue weighted by molar-refractivity contribution is 9.10. The molecule has 0 saturated heterocycles. The molecule has 0 atom stereocenters. The summed E-state index contributed by atoms with van der Waals surface area (Å²) in [7, 11) is 1.77. The third-order valence-electron chi connectivity index (χ3n) is 3.51. The van der Waals surface area contributed by atoms with E-state index in [0.29, 0.717) is 28.0 Å². The summed E-state index contributed by atoms with van der Waals surface area (Å²) in [6.45, 7) is 0.582. The molecule has 8 heteroatoms. The fourth-order valence-electron chi connectivity index (χ4n) is 2.19. The Balaban J connectivity index is 1.79. The van der Waals surface area contributed by atoms with Gasteiger partial charge in [-0.15, -0.1) is 0 Å². The maximum absolute atomic E-state index is 12.1. The van der Waals surface area contributed by atoms with Gasteiger partial charge >= 0.3 is 0 Å². The van der Waals surface area contributed by atoms with Gasteiger partial charge in [-0.2, -0.15) is 0 Å². The van der Waals surface area contributed by atoms with Crippen LogP contribution in [0.5, 0.6) is 0 Å². The molecule has 0 aliphatic carbocycles. The fraction of sp³-hybridized carbons (Fsp3) is 0.222. The van der Waals surface area contributed by atoms with Crippen molar-refractivity contribution in [1.29, 1.82) is 0 Å². The first-order chi connectivity index (χ1) is 12.4. The number of rotatable bonds is 7. The molecular weight excluding hydrogens is 441 g/mol. The van der Waals surface area contributed by atoms with Gasteiger partial charge in [-0.3, -0.25) is 14.5 Å². The maximum Gasteiger partial charge on any atom is 0.238 e. The van der Waals surface area contributed by atoms with Crippen molar-refractivity contribution in [2.24, 2.45) is 0 Å². The van der Waals surface area contributed by atoms with Crippen molar-refractivity contribution in [2.75, 3.05) is 30.8 Å². The molecule has 5 nitrogen and oxygen atoms in total. The molecule has 2 N–H and O–H groups in total. The average Bonchev–Trinajstić information content (AvgIpc) is 2.58. The Hall–Kier alpha value is -1.60. The van der Waals surface area contributed by atoms with Crippen LogP contribution in [0.25, 0.3) is 0 Å². The predicted octanol–water partition coefficient (Wildman–Crippen LogP) is 4.66. The summed E-state index contributed by atoms with van der Waals surface area (Å²) in [5.41, 5.74) is 1.10. The van der Waals surface area contributed by atoms with E-state index in [0.717, 1.165) is 4.47 Å². The summed E-state index contributed by atoms with van der Waals surface area (Å²) in [5, 5.41) is 6.28. The fourth-order valence-corrected chi connectivity index (χ4v) is 3.06. The Morgan fingerprint density at radius 1 is 1.00 bits per heavy atom. The van der Waals surface area contributed by atoms with E-state index in [-0.39, 0.29) is 24.8 Å². The molecule has 0 spiro atoms. The van der Waals surface area contributed by atoms with E-state index in [2.05, 4.69) is 26.6 Å². The number of anilines is 2. The molecule has 0 radical (unpaired) electrons. The van der Waals surface area contributed by atoms with Gasteiger partial charge < -0.3 is 10.6 Å². The highest BCUT2D eigenvalue weighted by Crippen LogP contribution is 2.29. The number of para-hydroxylation sites is 2. The van der Waals surface area contributed by atoms with Gasteiger partial charge in [0.25, 0.3) is 0 Å². The van der Waals surface area contributed by atoms with E-state index in [1.165, 1.54) is 0 Å². The Morgan fingerprint density at radius 3 is 2.31 bits per heavy atom. The van der Waals surface area contributed by atoms with Crippen molar-refractivity contribution in [1.82, 2.24) is 4.90 Å². The molecule has 2 amide bonds. The molecule has 0 aliphatic heterocycles. The molecule has 0 saturated carbocycles. The van der Waals surface area contributed by atoms with Crippen molar-refractivity contribution < 1.29 is 9.59 Å². The summed E-state index contributed by atoms with van der Waals surface area (Å²) in [5.74, 6) is -0.382. The summed E-state index contributed by atoms with van der Waals surface area (Å²) in [6.07, 6.45) is 0.209. The standard InChI is InChI=1S/C18H18BrCl2N3O2/c1-24(11-17(26)22-15-8-3-2-5-12(15)19)10-9-16(25)23-18-13(20)6-4-7-14(18)21/h2-8H,9-11H2,1H3,(H,22,26)(H,23,25). The van der Waals surface area contributed by atoms with Gasteiger partial charge in [0.05, 0.1) is 28.0 Å². The minimum absolute atomic E-state index is 0.158. The van der Waals surface area contributed by atoms with Crippen LogP contribution in [0.1, 0.15) is 6.42 Å². The van der Waals surface area contributed by atoms with Crippen LogP contribution in [0.2, 0.25) is 10.0 Å². The number of hydrogen-bond acceptors (Lipinski definition) is 3. The van der Waals surface area contributed by atoms with Gasteiger partial charge in [-0.1, -0.05) is 41.4 Å². The van der Waals surface area contributed by atoms with Crippen LogP contribution in [0.4, 0.5) is 11.4 Å². The normalized spacial score (nSPS) is 10.7. The van der Waals surface area contributed by atoms with Gasteiger partial charge in [-0.05, 0) is 47.2 Å². The Morgan fingerprint density at radius 2 is 1.65 bits per heavy atom. The van der Waals surface area contributed by atoms with Crippen LogP contribution in [-0.2, 0) is 9.59 Å². The Labute approximate surface area is 170 Å². The largest absolute Gasteiger partial charge is 0.324 e. The zero-order valence-corrected chi connectivity index (χ0v) is 17.2. The first-order valence-corrected chi connectivity index (χ1v) is 9.38. The van der Waals surface area contributed by atoms with Crippen LogP contribution in [0.15, 0.2) is 46.9 Å². The number of nitrogens with zero attached hydrogens (tertiary/aromatic N) is 1. The second-order valence-corrected chi connectivity index (χ2v) is 7.33. The molecule has 0 unspecified atom stereocenters. The highest BCUT2D eigenvalue weighted by Gasteiger charge is 2.12. The minimum atomic E-state index is -0.224. The average molecular weight is 459 g/mol. The number of benzene rings is 2. The van der Waals surface area contributed by atoms with Crippen LogP contribution in [0, 0.1) is 0 Å². The van der Waals surface area contributed by atoms with Crippen molar-refractivity contribution in [3.8, 4) is 0 Å². The zero-order chi connectivity index (χ0) is 19.1. The SMILES string of the molecule is CN(CCC(=O)Nc1c(Cl)cccc1Cl)CC(=O)Nc1ccccc1Br. The molecule has 2 rings (SSSR count). The Bertz CT molecular complexity index is 782. The van der Waals surface area contributed by atoms with Gasteiger partial charge in [0.1, 0.15) is 0 Å². The van der Waals surface area contributed by atoms with E-state index in [9.17, 15) is 9.59 Å². The van der Waals surface area contributed by atoms with Crippen molar-refractivity contribution in [2.45, 2.75) is 6.42 Å². The number of carbonyl (C=O) groups excluding carboxylic acids is 2. The van der Waals surface area contributed by atoms with Gasteiger partial charge in [0.2, 0.25) is 11.8 Å². The lowest BCUT2D eigenvalue weighted by molar-refractivity contribution is -0.119. The lowest BCUT2D eigenvalue weighted by atomic mass is 10.3. The summed E-state index contributed by atoms with van der Waals surface area (Å²) in [6, 6.07) is 12.4. The molecule has 0 aliphatic rings. The number of nitrogens with one attached hydrogen (secondary N) is 2. The smallest absolute Gasteiger partial charge is 0.238 e. The van der Waals surface area contributed by atoms with E-state index >= 15 is 0 Å². The van der Waals surface area contributed by atoms with E-state index in [1.807, 2.05) is 24.3 Å². The van der Waals surface area contributed by atoms with Crippen LogP contribution < -0.4 is 10.6 Å². The third kappa shape index (κ3) is 6.29. The molecule has 0 aromatic heterocycles. The van der Waals surface area contributed by atoms with Crippen LogP contribution >= 0.6 is 39.1 Å². The molecule has 2 aromatic rings. The van der Waals surface area contributed by atoms with Crippen molar-refractivity contribution >= 4 is 62.3 Å². The molecule has 0 heterocycles. The first-order valence-electron chi connectivity index (χ1n) is 7.83. The lowest BCUT2D eigenvalue weighted by Crippen LogP contribution is -2.32. The highest BCUT2D eigenvalue weighted by atomic mass is 79.9. The molecule has 26 heavy (non-hydrogen) atoms. The molecule has 0 fully saturated rings. The second kappa shape index (κ2) is 9.92. The number of amides is 2. The number of carbonyl (C=O) groups is 2. The predicted molar refractivity (Wildman–Crippen MR) is 110 cm³/mol. The van der Waals surface area contributed by atoms with Crippen LogP contribution in [0.3, 0.4) is 0 Å². The lowest BCUT2D eigenvalue weighted by Gasteiger charge is -2.17. The molecule has 138 valence electrons. The molecular formula is C18H18BrCl2N3O2. The second-order valence-electron chi connectivity index (χ2n) is 5.66. The summed E-state index contributed by atoms with van der Waals surface area (Å²) < 4.78 is 0.812. The third-order valence-corrected chi connectivity index (χ3v) is 4.83. The van der Waals surface area contributed by atoms with Crippen LogP contribution in [-0.4, -0.2) is 36.9 Å². The molecule has 2 aromatic carbocycles. The number of halogens is 3. The van der Waals surface area contributed by atoms with Crippen molar-refractivity contribution in [3.63, 3.8) is 0 Å².